The first-order chi connectivity index (χ1) is 29.8. The highest BCUT2D eigenvalue weighted by atomic mass is 79.9. The van der Waals surface area contributed by atoms with E-state index in [1.54, 1.807) is 48.9 Å². The van der Waals surface area contributed by atoms with E-state index >= 15 is 0 Å². The lowest BCUT2D eigenvalue weighted by atomic mass is 9.77. The molecule has 13 nitrogen and oxygen atoms in total. The third-order valence-electron chi connectivity index (χ3n) is 10.2. The van der Waals surface area contributed by atoms with Crippen LogP contribution in [-0.4, -0.2) is 75.5 Å². The average molecular weight is 920 g/mol. The Labute approximate surface area is 368 Å². The molecule has 3 atom stereocenters. The Hall–Kier alpha value is -6.23. The first-order valence-electron chi connectivity index (χ1n) is 19.2. The fourth-order valence-corrected chi connectivity index (χ4v) is 9.75. The minimum absolute atomic E-state index is 0.0274. The Morgan fingerprint density at radius 3 is 2.16 bits per heavy atom. The number of thiazole rings is 1. The van der Waals surface area contributed by atoms with Crippen LogP contribution in [0.25, 0.3) is 0 Å². The SMILES string of the molecule is CO/N=C(\C(=O)N[C@@H]1C(=O)N2C(C(=O)OCc3ccc(OC)cc3)=C(/C=C/C3CC(Br)=NO3)CS[C@H]12)c1csc(NC(c2ccccc2)(c2ccccc2)c2ccccc2)n1. The lowest BCUT2D eigenvalue weighted by Gasteiger charge is -2.49. The van der Waals surface area contributed by atoms with Gasteiger partial charge in [0.1, 0.15) is 52.4 Å². The number of hydrogen-bond donors (Lipinski definition) is 2. The monoisotopic (exact) mass is 918 g/mol. The van der Waals surface area contributed by atoms with Crippen LogP contribution in [0.2, 0.25) is 0 Å². The Morgan fingerprint density at radius 1 is 0.951 bits per heavy atom. The number of anilines is 1. The molecule has 2 amide bonds. The number of amides is 2. The molecule has 61 heavy (non-hydrogen) atoms. The number of β-lactam (4-membered cyclic amide) rings is 1. The number of methoxy groups -OCH3 is 1. The van der Waals surface area contributed by atoms with Crippen LogP contribution >= 0.6 is 39.0 Å². The van der Waals surface area contributed by atoms with Gasteiger partial charge in [-0.2, -0.15) is 0 Å². The number of halogens is 1. The van der Waals surface area contributed by atoms with Crippen LogP contribution in [0.15, 0.2) is 154 Å². The molecular weight excluding hydrogens is 881 g/mol. The number of hydrogen-bond acceptors (Lipinski definition) is 13. The fourth-order valence-electron chi connectivity index (χ4n) is 7.28. The summed E-state index contributed by atoms with van der Waals surface area (Å²) in [5.41, 5.74) is 3.63. The molecule has 1 unspecified atom stereocenters. The van der Waals surface area contributed by atoms with Gasteiger partial charge in [0.25, 0.3) is 11.8 Å². The van der Waals surface area contributed by atoms with Crippen LogP contribution in [0.4, 0.5) is 5.13 Å². The van der Waals surface area contributed by atoms with E-state index in [1.807, 2.05) is 54.6 Å². The third kappa shape index (κ3) is 8.69. The zero-order valence-electron chi connectivity index (χ0n) is 32.9. The summed E-state index contributed by atoms with van der Waals surface area (Å²) >= 11 is 6.06. The van der Waals surface area contributed by atoms with Gasteiger partial charge in [-0.15, -0.1) is 23.1 Å². The van der Waals surface area contributed by atoms with Crippen molar-refractivity contribution in [1.82, 2.24) is 15.2 Å². The number of nitrogens with zero attached hydrogens (tertiary/aromatic N) is 4. The second-order valence-electron chi connectivity index (χ2n) is 14.0. The van der Waals surface area contributed by atoms with Crippen LogP contribution in [-0.2, 0) is 40.9 Å². The Kier molecular flexibility index (Phi) is 12.6. The van der Waals surface area contributed by atoms with Gasteiger partial charge in [-0.25, -0.2) is 9.78 Å². The number of ether oxygens (including phenoxy) is 2. The highest BCUT2D eigenvalue weighted by Gasteiger charge is 2.54. The highest BCUT2D eigenvalue weighted by molar-refractivity contribution is 9.18. The molecule has 2 N–H and O–H groups in total. The first kappa shape index (κ1) is 41.5. The molecule has 16 heteroatoms. The fraction of sp³-hybridized carbons (Fsp3) is 0.200. The molecule has 1 fully saturated rings. The van der Waals surface area contributed by atoms with Gasteiger partial charge >= 0.3 is 5.97 Å². The number of aromatic nitrogens is 1. The molecule has 0 radical (unpaired) electrons. The van der Waals surface area contributed by atoms with E-state index in [9.17, 15) is 14.4 Å². The molecule has 3 aliphatic rings. The molecule has 0 spiro atoms. The molecule has 4 aromatic carbocycles. The Morgan fingerprint density at radius 2 is 1.59 bits per heavy atom. The number of carbonyl (C=O) groups is 3. The molecule has 1 aromatic heterocycles. The van der Waals surface area contributed by atoms with Gasteiger partial charge in [-0.3, -0.25) is 14.5 Å². The van der Waals surface area contributed by atoms with Crippen molar-refractivity contribution in [2.75, 3.05) is 25.3 Å². The van der Waals surface area contributed by atoms with Crippen molar-refractivity contribution in [2.45, 2.75) is 36.1 Å². The molecule has 3 aliphatic heterocycles. The van der Waals surface area contributed by atoms with Gasteiger partial charge in [0.15, 0.2) is 16.9 Å². The zero-order chi connectivity index (χ0) is 42.3. The van der Waals surface area contributed by atoms with Crippen molar-refractivity contribution in [3.8, 4) is 5.75 Å². The van der Waals surface area contributed by atoms with Crippen LogP contribution in [0.3, 0.4) is 0 Å². The van der Waals surface area contributed by atoms with Crippen LogP contribution in [0, 0.1) is 0 Å². The van der Waals surface area contributed by atoms with E-state index in [-0.39, 0.29) is 29.8 Å². The van der Waals surface area contributed by atoms with Gasteiger partial charge in [0.2, 0.25) is 0 Å². The van der Waals surface area contributed by atoms with Crippen molar-refractivity contribution in [2.24, 2.45) is 10.3 Å². The van der Waals surface area contributed by atoms with Crippen LogP contribution < -0.4 is 15.4 Å². The van der Waals surface area contributed by atoms with E-state index in [1.165, 1.54) is 35.1 Å². The number of rotatable bonds is 15. The summed E-state index contributed by atoms with van der Waals surface area (Å²) in [6.07, 6.45) is 3.75. The minimum Gasteiger partial charge on any atom is -0.497 e. The van der Waals surface area contributed by atoms with E-state index < -0.39 is 34.7 Å². The minimum atomic E-state index is -0.977. The number of nitrogens with one attached hydrogen (secondary N) is 2. The maximum atomic E-state index is 14.1. The van der Waals surface area contributed by atoms with Crippen molar-refractivity contribution in [3.63, 3.8) is 0 Å². The maximum Gasteiger partial charge on any atom is 0.355 e. The summed E-state index contributed by atoms with van der Waals surface area (Å²) in [6, 6.07) is 36.4. The first-order valence-corrected chi connectivity index (χ1v) is 21.9. The number of esters is 1. The molecule has 0 bridgehead atoms. The summed E-state index contributed by atoms with van der Waals surface area (Å²) in [6.45, 7) is -0.0274. The largest absolute Gasteiger partial charge is 0.497 e. The second-order valence-corrected chi connectivity index (χ2v) is 16.8. The molecule has 8 rings (SSSR count). The number of allylic oxidation sites excluding steroid dienone is 1. The molecule has 310 valence electrons. The maximum absolute atomic E-state index is 14.1. The van der Waals surface area contributed by atoms with Gasteiger partial charge in [-0.05, 0) is 62.0 Å². The molecule has 0 aliphatic carbocycles. The normalized spacial score (nSPS) is 18.8. The Balaban J connectivity index is 1.03. The van der Waals surface area contributed by atoms with Gasteiger partial charge in [-0.1, -0.05) is 120 Å². The van der Waals surface area contributed by atoms with E-state index in [2.05, 4.69) is 73.3 Å². The predicted molar refractivity (Wildman–Crippen MR) is 238 cm³/mol. The smallest absolute Gasteiger partial charge is 0.355 e. The van der Waals surface area contributed by atoms with Crippen molar-refractivity contribution >= 4 is 72.3 Å². The summed E-state index contributed by atoms with van der Waals surface area (Å²) in [5, 5.41) is 16.2. The second kappa shape index (κ2) is 18.6. The van der Waals surface area contributed by atoms with Crippen molar-refractivity contribution in [3.05, 3.63) is 172 Å². The summed E-state index contributed by atoms with van der Waals surface area (Å²) in [7, 11) is 2.91. The summed E-state index contributed by atoms with van der Waals surface area (Å²) < 4.78 is 11.7. The summed E-state index contributed by atoms with van der Waals surface area (Å²) in [5.74, 6) is -0.800. The average Bonchev–Trinajstić information content (AvgIpc) is 3.96. The Bertz CT molecular complexity index is 2420. The van der Waals surface area contributed by atoms with E-state index in [0.29, 0.717) is 33.2 Å². The van der Waals surface area contributed by atoms with E-state index in [4.69, 9.17) is 24.1 Å². The van der Waals surface area contributed by atoms with Crippen molar-refractivity contribution in [1.29, 1.82) is 0 Å². The molecule has 4 heterocycles. The van der Waals surface area contributed by atoms with Gasteiger partial charge in [0, 0.05) is 17.6 Å². The highest BCUT2D eigenvalue weighted by Crippen LogP contribution is 2.43. The topological polar surface area (TPSA) is 153 Å². The quantitative estimate of drug-likeness (QED) is 0.0358. The van der Waals surface area contributed by atoms with E-state index in [0.717, 1.165) is 22.3 Å². The summed E-state index contributed by atoms with van der Waals surface area (Å²) in [4.78, 5) is 58.7. The van der Waals surface area contributed by atoms with Gasteiger partial charge < -0.3 is 29.8 Å². The van der Waals surface area contributed by atoms with Gasteiger partial charge in [0.05, 0.1) is 7.11 Å². The van der Waals surface area contributed by atoms with Crippen LogP contribution in [0.5, 0.6) is 5.75 Å². The molecular formula is C45H39BrN6O7S2. The lowest BCUT2D eigenvalue weighted by Crippen LogP contribution is -2.71. The standard InChI is InChI=1S/C45H39BrN6O7S2/c1-56-33-21-18-28(19-22-33)25-58-43(55)39-29(20-23-34-24-36(46)50-59-34)26-60-42-38(41(54)52(39)42)48-40(53)37(51-57-2)35-27-61-44(47-35)49-45(30-12-6-3-7-13-30,31-14-8-4-9-15-31)32-16-10-5-11-17-32/h3-23,27,34,38,42H,24-26H2,1-2H3,(H,47,49)(H,48,53)/b23-20+,51-37-/t34?,38-,42-/m1/s1. The number of thioether (sulfide) groups is 1. The number of oxime groups is 2. The van der Waals surface area contributed by atoms with Crippen LogP contribution in [0.1, 0.15) is 34.4 Å². The number of carbonyl (C=O) groups excluding carboxylic acids is 3. The molecule has 1 saturated heterocycles. The molecule has 5 aromatic rings. The third-order valence-corrected chi connectivity index (χ3v) is 12.8. The predicted octanol–water partition coefficient (Wildman–Crippen LogP) is 7.36. The number of benzene rings is 4. The molecule has 0 saturated carbocycles. The lowest BCUT2D eigenvalue weighted by molar-refractivity contribution is -0.153. The van der Waals surface area contributed by atoms with Crippen molar-refractivity contribution < 1.29 is 33.5 Å². The number of fused-ring (bicyclic) bond motifs is 1. The zero-order valence-corrected chi connectivity index (χ0v) is 36.1.